The molecule has 0 bridgehead atoms. The molecule has 0 saturated carbocycles. The van der Waals surface area contributed by atoms with Crippen LogP contribution in [0.5, 0.6) is 0 Å². The van der Waals surface area contributed by atoms with E-state index >= 15 is 0 Å². The molecule has 0 unspecified atom stereocenters. The molecule has 0 amide bonds. The molecule has 0 N–H and O–H groups in total. The maximum Gasteiger partial charge on any atom is 0.252 e. The lowest BCUT2D eigenvalue weighted by atomic mass is 9.33. The Labute approximate surface area is 595 Å². The van der Waals surface area contributed by atoms with Crippen molar-refractivity contribution in [3.05, 3.63) is 282 Å². The van der Waals surface area contributed by atoms with E-state index in [1.807, 2.05) is 0 Å². The van der Waals surface area contributed by atoms with Crippen molar-refractivity contribution in [2.24, 2.45) is 0 Å². The largest absolute Gasteiger partial charge is 0.455 e. The third kappa shape index (κ3) is 11.7. The fourth-order valence-corrected chi connectivity index (χ4v) is 15.4. The third-order valence-electron chi connectivity index (χ3n) is 21.3. The van der Waals surface area contributed by atoms with Gasteiger partial charge in [0, 0.05) is 61.3 Å². The molecule has 0 atom stereocenters. The van der Waals surface area contributed by atoms with Gasteiger partial charge in [0.15, 0.2) is 0 Å². The van der Waals surface area contributed by atoms with Crippen LogP contribution in [0.2, 0.25) is 0 Å². The first-order valence-corrected chi connectivity index (χ1v) is 36.2. The van der Waals surface area contributed by atoms with Crippen LogP contribution in [0.15, 0.2) is 253 Å². The Balaban J connectivity index is 1.18. The summed E-state index contributed by atoms with van der Waals surface area (Å²) in [6, 6.07) is 95.9. The van der Waals surface area contributed by atoms with E-state index in [1.165, 1.54) is 83.4 Å². The summed E-state index contributed by atoms with van der Waals surface area (Å²) in [5.74, 6) is 0. The number of benzene rings is 12. The van der Waals surface area contributed by atoms with E-state index in [2.05, 4.69) is 383 Å². The van der Waals surface area contributed by atoms with Gasteiger partial charge in [-0.15, -0.1) is 0 Å². The highest BCUT2D eigenvalue weighted by molar-refractivity contribution is 7.00. The van der Waals surface area contributed by atoms with E-state index in [1.54, 1.807) is 0 Å². The fourth-order valence-electron chi connectivity index (χ4n) is 15.4. The van der Waals surface area contributed by atoms with Crippen molar-refractivity contribution >= 4 is 79.2 Å². The molecule has 3 heterocycles. The van der Waals surface area contributed by atoms with Crippen molar-refractivity contribution in [3.63, 3.8) is 0 Å². The van der Waals surface area contributed by atoms with Crippen molar-refractivity contribution in [2.75, 3.05) is 9.80 Å². The molecule has 13 aromatic rings. The first-order chi connectivity index (χ1) is 47.4. The first-order valence-electron chi connectivity index (χ1n) is 36.2. The second-order valence-corrected chi connectivity index (χ2v) is 34.7. The maximum absolute atomic E-state index is 7.21. The summed E-state index contributed by atoms with van der Waals surface area (Å²) in [4.78, 5) is 5.47. The number of hydrogen-bond acceptors (Lipinski definition) is 3. The van der Waals surface area contributed by atoms with Gasteiger partial charge in [-0.3, -0.25) is 0 Å². The predicted octanol–water partition coefficient (Wildman–Crippen LogP) is 25.5. The van der Waals surface area contributed by atoms with Crippen molar-refractivity contribution in [1.82, 2.24) is 0 Å². The molecule has 1 aromatic heterocycles. The van der Waals surface area contributed by atoms with Gasteiger partial charge < -0.3 is 14.2 Å². The molecule has 3 nitrogen and oxygen atoms in total. The van der Waals surface area contributed by atoms with E-state index in [-0.39, 0.29) is 39.2 Å². The number of para-hydroxylation sites is 1. The standard InChI is InChI=1S/C96H95BN2O/c1-91(2,3)67-43-45-80-82(58-67)98(88-74(60-33-23-19-24-34-60)54-71(95(13,14)15)55-75(88)61-35-25-20-26-36-61)84-51-65(64-49-78(90-79(50-64)73-41-31-32-42-86(73)100-90)66-47-69(93(7,8)9)53-70(48-66)94(10,11)12)52-85-87(84)97(80)81-46-44-68(92(4,5)6)59-83(81)99(85)89-76(62-37-27-21-28-38-62)56-72(96(16,17)18)57-77(89)63-39-29-22-30-40-63/h19-59H,1-18H3. The van der Waals surface area contributed by atoms with Crippen molar-refractivity contribution in [2.45, 2.75) is 157 Å². The minimum atomic E-state index is -0.186. The van der Waals surface area contributed by atoms with Crippen LogP contribution in [-0.4, -0.2) is 6.71 Å². The number of hydrogen-bond donors (Lipinski definition) is 0. The molecular weight excluding hydrogens is 1210 g/mol. The number of nitrogens with zero attached hydrogens (tertiary/aromatic N) is 2. The van der Waals surface area contributed by atoms with Gasteiger partial charge in [-0.25, -0.2) is 0 Å². The minimum Gasteiger partial charge on any atom is -0.455 e. The average molecular weight is 1300 g/mol. The average Bonchev–Trinajstić information content (AvgIpc) is 0.760. The van der Waals surface area contributed by atoms with Gasteiger partial charge >= 0.3 is 0 Å². The van der Waals surface area contributed by atoms with E-state index in [0.717, 1.165) is 89.2 Å². The lowest BCUT2D eigenvalue weighted by Crippen LogP contribution is -2.61. The van der Waals surface area contributed by atoms with Crippen LogP contribution in [-0.2, 0) is 32.5 Å². The number of fused-ring (bicyclic) bond motifs is 7. The van der Waals surface area contributed by atoms with Crippen LogP contribution in [0.4, 0.5) is 34.1 Å². The lowest BCUT2D eigenvalue weighted by Gasteiger charge is -2.46. The van der Waals surface area contributed by atoms with E-state index in [9.17, 15) is 0 Å². The van der Waals surface area contributed by atoms with E-state index < -0.39 is 0 Å². The summed E-state index contributed by atoms with van der Waals surface area (Å²) in [6.07, 6.45) is 0. The van der Waals surface area contributed by atoms with Gasteiger partial charge in [0.2, 0.25) is 0 Å². The molecule has 100 heavy (non-hydrogen) atoms. The maximum atomic E-state index is 7.21. The fraction of sp³-hybridized carbons (Fsp3) is 0.250. The monoisotopic (exact) mass is 1300 g/mol. The summed E-state index contributed by atoms with van der Waals surface area (Å²) in [5.41, 5.74) is 33.0. The molecule has 0 radical (unpaired) electrons. The van der Waals surface area contributed by atoms with E-state index in [4.69, 9.17) is 4.42 Å². The predicted molar refractivity (Wildman–Crippen MR) is 433 cm³/mol. The molecule has 2 aliphatic rings. The zero-order chi connectivity index (χ0) is 70.3. The molecule has 4 heteroatoms. The van der Waals surface area contributed by atoms with Gasteiger partial charge in [-0.05, 0) is 188 Å². The molecule has 15 rings (SSSR count). The van der Waals surface area contributed by atoms with Gasteiger partial charge in [0.1, 0.15) is 11.2 Å². The molecule has 12 aromatic carbocycles. The molecular formula is C96H95BN2O. The zero-order valence-electron chi connectivity index (χ0n) is 62.1. The highest BCUT2D eigenvalue weighted by atomic mass is 16.3. The van der Waals surface area contributed by atoms with Crippen molar-refractivity contribution < 1.29 is 4.42 Å². The molecule has 2 aliphatic heterocycles. The summed E-state index contributed by atoms with van der Waals surface area (Å²) < 4.78 is 7.21. The Bertz CT molecular complexity index is 4950. The van der Waals surface area contributed by atoms with Crippen LogP contribution in [0.25, 0.3) is 88.7 Å². The van der Waals surface area contributed by atoms with Gasteiger partial charge in [0.05, 0.1) is 11.4 Å². The summed E-state index contributed by atoms with van der Waals surface area (Å²) in [7, 11) is 0. The second-order valence-electron chi connectivity index (χ2n) is 34.7. The Kier molecular flexibility index (Phi) is 15.8. The van der Waals surface area contributed by atoms with Crippen LogP contribution < -0.4 is 26.2 Å². The van der Waals surface area contributed by atoms with Crippen LogP contribution >= 0.6 is 0 Å². The van der Waals surface area contributed by atoms with Crippen molar-refractivity contribution in [3.8, 4) is 66.8 Å². The topological polar surface area (TPSA) is 19.6 Å². The molecule has 0 aliphatic carbocycles. The van der Waals surface area contributed by atoms with Crippen LogP contribution in [0.3, 0.4) is 0 Å². The summed E-state index contributed by atoms with van der Waals surface area (Å²) >= 11 is 0. The number of anilines is 6. The third-order valence-corrected chi connectivity index (χ3v) is 21.3. The number of furan rings is 1. The minimum absolute atomic E-state index is 0.123. The van der Waals surface area contributed by atoms with Crippen LogP contribution in [0, 0.1) is 0 Å². The Hall–Kier alpha value is -9.90. The van der Waals surface area contributed by atoms with Crippen molar-refractivity contribution in [1.29, 1.82) is 0 Å². The molecule has 498 valence electrons. The Morgan fingerprint density at radius 3 is 0.960 bits per heavy atom. The molecule has 0 saturated heterocycles. The van der Waals surface area contributed by atoms with E-state index in [0.29, 0.717) is 0 Å². The lowest BCUT2D eigenvalue weighted by molar-refractivity contribution is 0.569. The highest BCUT2D eigenvalue weighted by Crippen LogP contribution is 2.56. The summed E-state index contributed by atoms with van der Waals surface area (Å²) in [5, 5.41) is 2.18. The first kappa shape index (κ1) is 66.0. The smallest absolute Gasteiger partial charge is 0.252 e. The molecule has 0 fully saturated rings. The Morgan fingerprint density at radius 2 is 0.590 bits per heavy atom. The van der Waals surface area contributed by atoms with Gasteiger partial charge in [-0.1, -0.05) is 307 Å². The SMILES string of the molecule is CC(C)(C)c1cc(-c2cc(-c3cc4c5c(c3)N(c3c(-c6ccccc6)cc(C(C)(C)C)cc3-c3ccccc3)c3cc(C(C)(C)C)ccc3B5c3ccc(C(C)(C)C)cc3N4c3c(-c4ccccc4)cc(C(C)(C)C)cc3-c3ccccc3)cc3c2oc2ccccc23)cc(C(C)(C)C)c1. The van der Waals surface area contributed by atoms with Gasteiger partial charge in [0.25, 0.3) is 6.71 Å². The second kappa shape index (κ2) is 23.9. The normalized spacial score (nSPS) is 13.4. The highest BCUT2D eigenvalue weighted by Gasteiger charge is 2.47. The quantitative estimate of drug-likeness (QED) is 0.141. The van der Waals surface area contributed by atoms with Crippen LogP contribution in [0.1, 0.15) is 158 Å². The molecule has 0 spiro atoms. The number of rotatable bonds is 8. The zero-order valence-corrected chi connectivity index (χ0v) is 62.1. The Morgan fingerprint density at radius 1 is 0.250 bits per heavy atom. The van der Waals surface area contributed by atoms with Gasteiger partial charge in [-0.2, -0.15) is 0 Å². The summed E-state index contributed by atoms with van der Waals surface area (Å²) in [6.45, 7) is 42.2.